The van der Waals surface area contributed by atoms with Gasteiger partial charge in [-0.15, -0.1) is 0 Å². The molecule has 0 saturated carbocycles. The van der Waals surface area contributed by atoms with E-state index in [2.05, 4.69) is 63.9 Å². The van der Waals surface area contributed by atoms with Crippen LogP contribution in [0.4, 0.5) is 0 Å². The number of imidazole rings is 1. The average molecular weight is 285 g/mol. The number of aromatic nitrogens is 3. The fourth-order valence-corrected chi connectivity index (χ4v) is 2.63. The Labute approximate surface area is 128 Å². The van der Waals surface area contributed by atoms with Crippen LogP contribution in [0.2, 0.25) is 0 Å². The van der Waals surface area contributed by atoms with Crippen molar-refractivity contribution in [2.24, 2.45) is 0 Å². The Hall–Kier alpha value is -2.94. The summed E-state index contributed by atoms with van der Waals surface area (Å²) in [7, 11) is 0. The lowest BCUT2D eigenvalue weighted by atomic mass is 10.1. The molecule has 0 unspecified atom stereocenters. The van der Waals surface area contributed by atoms with Gasteiger partial charge < -0.3 is 0 Å². The minimum atomic E-state index is 0.942. The highest BCUT2D eigenvalue weighted by Crippen LogP contribution is 2.24. The van der Waals surface area contributed by atoms with E-state index < -0.39 is 0 Å². The number of hydrogen-bond donors (Lipinski definition) is 0. The molecule has 0 atom stereocenters. The Morgan fingerprint density at radius 3 is 2.50 bits per heavy atom. The van der Waals surface area contributed by atoms with Gasteiger partial charge in [0, 0.05) is 24.2 Å². The molecule has 3 heterocycles. The van der Waals surface area contributed by atoms with Crippen molar-refractivity contribution in [1.82, 2.24) is 14.4 Å². The highest BCUT2D eigenvalue weighted by molar-refractivity contribution is 5.70. The molecule has 4 rings (SSSR count). The van der Waals surface area contributed by atoms with E-state index in [-0.39, 0.29) is 0 Å². The molecule has 0 aliphatic heterocycles. The Kier molecular flexibility index (Phi) is 2.97. The number of hydrogen-bond acceptors (Lipinski definition) is 2. The largest absolute Gasteiger partial charge is 0.300 e. The van der Waals surface area contributed by atoms with E-state index in [1.807, 2.05) is 24.5 Å². The minimum absolute atomic E-state index is 0.942. The molecule has 0 N–H and O–H groups in total. The van der Waals surface area contributed by atoms with Crippen molar-refractivity contribution < 1.29 is 0 Å². The molecule has 0 saturated heterocycles. The van der Waals surface area contributed by atoms with Crippen molar-refractivity contribution in [3.63, 3.8) is 0 Å². The minimum Gasteiger partial charge on any atom is -0.300 e. The highest BCUT2D eigenvalue weighted by atomic mass is 15.0. The van der Waals surface area contributed by atoms with Gasteiger partial charge in [0.25, 0.3) is 0 Å². The molecule has 0 bridgehead atoms. The van der Waals surface area contributed by atoms with E-state index in [0.29, 0.717) is 0 Å². The molecule has 22 heavy (non-hydrogen) atoms. The summed E-state index contributed by atoms with van der Waals surface area (Å²) in [6, 6.07) is 16.8. The van der Waals surface area contributed by atoms with E-state index in [1.54, 1.807) is 6.20 Å². The van der Waals surface area contributed by atoms with Gasteiger partial charge in [0.1, 0.15) is 5.65 Å². The molecular formula is C19H15N3. The third-order valence-corrected chi connectivity index (χ3v) is 3.86. The molecule has 106 valence electrons. The molecule has 3 heteroatoms. The van der Waals surface area contributed by atoms with Gasteiger partial charge in [-0.2, -0.15) is 0 Å². The first-order valence-electron chi connectivity index (χ1n) is 7.26. The summed E-state index contributed by atoms with van der Waals surface area (Å²) in [6.45, 7) is 2.10. The van der Waals surface area contributed by atoms with Crippen molar-refractivity contribution in [2.75, 3.05) is 0 Å². The van der Waals surface area contributed by atoms with Gasteiger partial charge in [0.2, 0.25) is 0 Å². The summed E-state index contributed by atoms with van der Waals surface area (Å²) in [5.74, 6) is 0. The predicted octanol–water partition coefficient (Wildman–Crippen LogP) is 4.37. The standard InChI is InChI=1S/C19H15N3/c1-14-4-6-15(7-5-14)16-8-10-22-18(13-21-19(22)11-16)17-3-2-9-20-12-17/h2-13H,1H3. The van der Waals surface area contributed by atoms with Gasteiger partial charge in [0.15, 0.2) is 0 Å². The zero-order valence-corrected chi connectivity index (χ0v) is 12.3. The first-order valence-corrected chi connectivity index (χ1v) is 7.26. The lowest BCUT2D eigenvalue weighted by molar-refractivity contribution is 1.18. The topological polar surface area (TPSA) is 30.2 Å². The summed E-state index contributed by atoms with van der Waals surface area (Å²) >= 11 is 0. The van der Waals surface area contributed by atoms with Gasteiger partial charge in [-0.3, -0.25) is 9.38 Å². The monoisotopic (exact) mass is 285 g/mol. The predicted molar refractivity (Wildman–Crippen MR) is 88.6 cm³/mol. The van der Waals surface area contributed by atoms with Crippen LogP contribution >= 0.6 is 0 Å². The quantitative estimate of drug-likeness (QED) is 0.547. The van der Waals surface area contributed by atoms with Crippen LogP contribution in [0.1, 0.15) is 5.56 Å². The van der Waals surface area contributed by atoms with Crippen LogP contribution < -0.4 is 0 Å². The average Bonchev–Trinajstić information content (AvgIpc) is 2.99. The van der Waals surface area contributed by atoms with Crippen molar-refractivity contribution in [1.29, 1.82) is 0 Å². The summed E-state index contributed by atoms with van der Waals surface area (Å²) in [5.41, 5.74) is 6.72. The van der Waals surface area contributed by atoms with Crippen molar-refractivity contribution in [3.05, 3.63) is 78.9 Å². The molecule has 3 aromatic heterocycles. The van der Waals surface area contributed by atoms with Crippen LogP contribution in [0.5, 0.6) is 0 Å². The van der Waals surface area contributed by atoms with Crippen LogP contribution in [0.3, 0.4) is 0 Å². The normalized spacial score (nSPS) is 11.0. The molecule has 3 nitrogen and oxygen atoms in total. The molecule has 4 aromatic rings. The third kappa shape index (κ3) is 2.17. The second-order valence-corrected chi connectivity index (χ2v) is 5.39. The number of nitrogens with zero attached hydrogens (tertiary/aromatic N) is 3. The fourth-order valence-electron chi connectivity index (χ4n) is 2.63. The van der Waals surface area contributed by atoms with Gasteiger partial charge >= 0.3 is 0 Å². The van der Waals surface area contributed by atoms with Gasteiger partial charge in [0.05, 0.1) is 11.9 Å². The molecular weight excluding hydrogens is 270 g/mol. The summed E-state index contributed by atoms with van der Waals surface area (Å²) in [6.07, 6.45) is 7.60. The number of pyridine rings is 2. The van der Waals surface area contributed by atoms with Crippen molar-refractivity contribution in [2.45, 2.75) is 6.92 Å². The molecule has 0 aliphatic rings. The summed E-state index contributed by atoms with van der Waals surface area (Å²) in [4.78, 5) is 8.71. The van der Waals surface area contributed by atoms with Crippen molar-refractivity contribution >= 4 is 5.65 Å². The molecule has 1 aromatic carbocycles. The van der Waals surface area contributed by atoms with E-state index >= 15 is 0 Å². The van der Waals surface area contributed by atoms with E-state index in [0.717, 1.165) is 16.9 Å². The van der Waals surface area contributed by atoms with Crippen LogP contribution in [0.15, 0.2) is 73.3 Å². The van der Waals surface area contributed by atoms with E-state index in [4.69, 9.17) is 0 Å². The Morgan fingerprint density at radius 1 is 0.864 bits per heavy atom. The van der Waals surface area contributed by atoms with Crippen LogP contribution in [0.25, 0.3) is 28.0 Å². The van der Waals surface area contributed by atoms with Gasteiger partial charge in [-0.25, -0.2) is 4.98 Å². The smallest absolute Gasteiger partial charge is 0.137 e. The van der Waals surface area contributed by atoms with Crippen LogP contribution in [0, 0.1) is 6.92 Å². The lowest BCUT2D eigenvalue weighted by Crippen LogP contribution is -1.89. The van der Waals surface area contributed by atoms with Crippen LogP contribution in [-0.4, -0.2) is 14.4 Å². The molecule has 0 radical (unpaired) electrons. The first-order chi connectivity index (χ1) is 10.8. The number of rotatable bonds is 2. The maximum Gasteiger partial charge on any atom is 0.137 e. The zero-order valence-electron chi connectivity index (χ0n) is 12.3. The molecule has 0 spiro atoms. The Balaban J connectivity index is 1.82. The number of aryl methyl sites for hydroxylation is 1. The zero-order chi connectivity index (χ0) is 14.9. The van der Waals surface area contributed by atoms with E-state index in [9.17, 15) is 0 Å². The third-order valence-electron chi connectivity index (χ3n) is 3.86. The number of benzene rings is 1. The molecule has 0 amide bonds. The SMILES string of the molecule is Cc1ccc(-c2ccn3c(-c4cccnc4)cnc3c2)cc1. The van der Waals surface area contributed by atoms with Crippen molar-refractivity contribution in [3.8, 4) is 22.4 Å². The maximum atomic E-state index is 4.53. The van der Waals surface area contributed by atoms with E-state index in [1.165, 1.54) is 16.7 Å². The second kappa shape index (κ2) is 5.11. The lowest BCUT2D eigenvalue weighted by Gasteiger charge is -2.05. The summed E-state index contributed by atoms with van der Waals surface area (Å²) < 4.78 is 2.09. The number of fused-ring (bicyclic) bond motifs is 1. The maximum absolute atomic E-state index is 4.53. The highest BCUT2D eigenvalue weighted by Gasteiger charge is 2.07. The molecule has 0 fully saturated rings. The fraction of sp³-hybridized carbons (Fsp3) is 0.0526. The van der Waals surface area contributed by atoms with Gasteiger partial charge in [-0.05, 0) is 42.3 Å². The van der Waals surface area contributed by atoms with Crippen LogP contribution in [-0.2, 0) is 0 Å². The second-order valence-electron chi connectivity index (χ2n) is 5.39. The Bertz CT molecular complexity index is 922. The van der Waals surface area contributed by atoms with Gasteiger partial charge in [-0.1, -0.05) is 29.8 Å². The summed E-state index contributed by atoms with van der Waals surface area (Å²) in [5, 5.41) is 0. The first kappa shape index (κ1) is 12.8. The molecule has 0 aliphatic carbocycles. The Morgan fingerprint density at radius 2 is 1.73 bits per heavy atom.